The third kappa shape index (κ3) is 7.77. The van der Waals surface area contributed by atoms with E-state index in [1.54, 1.807) is 12.4 Å². The van der Waals surface area contributed by atoms with E-state index in [9.17, 15) is 0 Å². The van der Waals surface area contributed by atoms with E-state index in [0.717, 1.165) is 73.7 Å². The predicted molar refractivity (Wildman–Crippen MR) is 207 cm³/mol. The lowest BCUT2D eigenvalue weighted by molar-refractivity contribution is 0.00578. The summed E-state index contributed by atoms with van der Waals surface area (Å²) in [5.41, 5.74) is 27.5. The van der Waals surface area contributed by atoms with Gasteiger partial charge in [-0.3, -0.25) is 0 Å². The number of nitrogens with two attached hydrogens (primary N) is 4. The van der Waals surface area contributed by atoms with Gasteiger partial charge in [-0.05, 0) is 63.5 Å². The van der Waals surface area contributed by atoms with Gasteiger partial charge in [0.1, 0.15) is 0 Å². The van der Waals surface area contributed by atoms with Crippen LogP contribution in [-0.2, 0) is 9.31 Å². The number of anilines is 8. The molecule has 3 aliphatic rings. The maximum atomic E-state index is 6.20. The van der Waals surface area contributed by atoms with Gasteiger partial charge in [0.05, 0.1) is 35.0 Å². The zero-order chi connectivity index (χ0) is 35.6. The summed E-state index contributed by atoms with van der Waals surface area (Å²) in [5, 5.41) is 0. The van der Waals surface area contributed by atoms with Crippen LogP contribution in [0.25, 0.3) is 0 Å². The van der Waals surface area contributed by atoms with Crippen molar-refractivity contribution in [1.82, 2.24) is 19.9 Å². The minimum atomic E-state index is -0.354. The maximum absolute atomic E-state index is 6.20. The van der Waals surface area contributed by atoms with Crippen molar-refractivity contribution >= 4 is 74.8 Å². The van der Waals surface area contributed by atoms with Gasteiger partial charge in [-0.15, -0.1) is 0 Å². The fourth-order valence-corrected chi connectivity index (χ4v) is 6.61. The summed E-state index contributed by atoms with van der Waals surface area (Å²) in [6.07, 6.45) is 3.40. The van der Waals surface area contributed by atoms with Crippen molar-refractivity contribution in [2.45, 2.75) is 38.9 Å². The topological polar surface area (TPSA) is 187 Å². The zero-order valence-electron chi connectivity index (χ0n) is 29.1. The van der Waals surface area contributed by atoms with Crippen molar-refractivity contribution in [3.8, 4) is 0 Å². The smallest absolute Gasteiger partial charge is 0.399 e. The monoisotopic (exact) mass is 744 g/mol. The summed E-state index contributed by atoms with van der Waals surface area (Å²) < 4.78 is 13.5. The van der Waals surface area contributed by atoms with Gasteiger partial charge >= 0.3 is 7.12 Å². The van der Waals surface area contributed by atoms with Gasteiger partial charge in [-0.1, -0.05) is 34.1 Å². The number of hydrogen-bond acceptors (Lipinski definition) is 14. The molecule has 2 aromatic carbocycles. The standard InChI is InChI=1S/C20H29BN6O2.C14H17BrN6/c1-19(2)20(3,4)29-21(28-19)14-6-5-7-15(12-14)26-8-10-27(11-9-26)16-13-24-18(23)25-17(16)22;15-10-2-1-3-11(8-10)20-4-6-21(7-5-20)12-9-18-14(17)19-13(12)16/h5-7,12-13H,8-11H2,1-4H3,(H4,22,23,24,25);1-3,8-9H,4-7H2,(H4,16,17,18,19). The summed E-state index contributed by atoms with van der Waals surface area (Å²) in [7, 11) is -0.354. The number of aromatic nitrogens is 4. The molecule has 16 heteroatoms. The average Bonchev–Trinajstić information content (AvgIpc) is 3.31. The third-order valence-electron chi connectivity index (χ3n) is 9.81. The maximum Gasteiger partial charge on any atom is 0.494 e. The summed E-state index contributed by atoms with van der Waals surface area (Å²) >= 11 is 3.51. The molecule has 0 unspecified atom stereocenters. The third-order valence-corrected chi connectivity index (χ3v) is 10.3. The van der Waals surface area contributed by atoms with E-state index in [-0.39, 0.29) is 30.2 Å². The van der Waals surface area contributed by atoms with E-state index in [4.69, 9.17) is 32.2 Å². The zero-order valence-corrected chi connectivity index (χ0v) is 30.7. The Bertz CT molecular complexity index is 1780. The molecule has 14 nitrogen and oxygen atoms in total. The normalized spacial score (nSPS) is 18.5. The van der Waals surface area contributed by atoms with Gasteiger partial charge in [0.2, 0.25) is 11.9 Å². The largest absolute Gasteiger partial charge is 0.494 e. The SMILES string of the molecule is CC1(C)OB(c2cccc(N3CCN(c4cnc(N)nc4N)CC3)c2)OC1(C)C.Nc1ncc(N2CCN(c3cccc(Br)c3)CC2)c(N)n1. The van der Waals surface area contributed by atoms with Gasteiger partial charge in [0.25, 0.3) is 0 Å². The van der Waals surface area contributed by atoms with Crippen LogP contribution in [0, 0.1) is 0 Å². The average molecular weight is 746 g/mol. The Morgan fingerprint density at radius 3 is 1.48 bits per heavy atom. The molecule has 0 saturated carbocycles. The molecule has 4 aromatic rings. The molecule has 2 aromatic heterocycles. The molecule has 7 rings (SSSR count). The van der Waals surface area contributed by atoms with Crippen LogP contribution in [0.3, 0.4) is 0 Å². The minimum absolute atomic E-state index is 0.199. The van der Waals surface area contributed by atoms with Crippen molar-refractivity contribution in [2.24, 2.45) is 0 Å². The van der Waals surface area contributed by atoms with E-state index in [1.165, 1.54) is 11.4 Å². The van der Waals surface area contributed by atoms with Crippen LogP contribution in [0.1, 0.15) is 27.7 Å². The lowest BCUT2D eigenvalue weighted by Crippen LogP contribution is -2.47. The summed E-state index contributed by atoms with van der Waals surface area (Å²) in [5.74, 6) is 1.28. The first kappa shape index (κ1) is 35.3. The summed E-state index contributed by atoms with van der Waals surface area (Å²) in [6, 6.07) is 16.8. The molecular weight excluding hydrogens is 699 g/mol. The molecule has 3 saturated heterocycles. The first-order valence-electron chi connectivity index (χ1n) is 16.8. The summed E-state index contributed by atoms with van der Waals surface area (Å²) in [6.45, 7) is 15.3. The second-order valence-electron chi connectivity index (χ2n) is 13.6. The highest BCUT2D eigenvalue weighted by Gasteiger charge is 2.51. The number of halogens is 1. The number of piperazine rings is 2. The fraction of sp³-hybridized carbons (Fsp3) is 0.412. The molecule has 0 aliphatic carbocycles. The number of nitrogen functional groups attached to an aromatic ring is 4. The van der Waals surface area contributed by atoms with Gasteiger partial charge in [0, 0.05) is 68.2 Å². The Balaban J connectivity index is 0.000000182. The quantitative estimate of drug-likeness (QED) is 0.219. The first-order chi connectivity index (χ1) is 23.8. The van der Waals surface area contributed by atoms with Crippen molar-refractivity contribution in [2.75, 3.05) is 94.9 Å². The molecule has 0 atom stereocenters. The van der Waals surface area contributed by atoms with Crippen LogP contribution in [0.15, 0.2) is 65.4 Å². The van der Waals surface area contributed by atoms with E-state index >= 15 is 0 Å². The minimum Gasteiger partial charge on any atom is -0.399 e. The van der Waals surface area contributed by atoms with Crippen LogP contribution in [0.2, 0.25) is 0 Å². The van der Waals surface area contributed by atoms with Crippen molar-refractivity contribution in [1.29, 1.82) is 0 Å². The first-order valence-corrected chi connectivity index (χ1v) is 17.6. The van der Waals surface area contributed by atoms with Gasteiger partial charge in [0.15, 0.2) is 11.6 Å². The molecule has 0 spiro atoms. The van der Waals surface area contributed by atoms with Crippen molar-refractivity contribution in [3.05, 3.63) is 65.4 Å². The van der Waals surface area contributed by atoms with Crippen LogP contribution < -0.4 is 48.0 Å². The lowest BCUT2D eigenvalue weighted by atomic mass is 9.79. The van der Waals surface area contributed by atoms with Gasteiger partial charge < -0.3 is 51.8 Å². The second kappa shape index (κ2) is 14.4. The second-order valence-corrected chi connectivity index (χ2v) is 14.5. The van der Waals surface area contributed by atoms with E-state index in [1.807, 2.05) is 6.07 Å². The molecular formula is C34H46BBrN12O2. The molecule has 264 valence electrons. The predicted octanol–water partition coefficient (Wildman–Crippen LogP) is 3.00. The van der Waals surface area contributed by atoms with E-state index < -0.39 is 0 Å². The Morgan fingerprint density at radius 1 is 0.620 bits per heavy atom. The number of hydrogen-bond donors (Lipinski definition) is 4. The fourth-order valence-electron chi connectivity index (χ4n) is 6.22. The Hall–Kier alpha value is -4.54. The Morgan fingerprint density at radius 2 is 1.04 bits per heavy atom. The highest BCUT2D eigenvalue weighted by atomic mass is 79.9. The molecule has 3 fully saturated rings. The lowest BCUT2D eigenvalue weighted by Gasteiger charge is -2.37. The highest BCUT2D eigenvalue weighted by Crippen LogP contribution is 2.37. The molecule has 3 aliphatic heterocycles. The molecule has 5 heterocycles. The van der Waals surface area contributed by atoms with Crippen LogP contribution in [0.4, 0.5) is 46.3 Å². The van der Waals surface area contributed by atoms with Crippen molar-refractivity contribution in [3.63, 3.8) is 0 Å². The summed E-state index contributed by atoms with van der Waals surface area (Å²) in [4.78, 5) is 25.3. The van der Waals surface area contributed by atoms with E-state index in [0.29, 0.717) is 11.6 Å². The van der Waals surface area contributed by atoms with Crippen LogP contribution in [-0.4, -0.2) is 90.6 Å². The molecule has 8 N–H and O–H groups in total. The van der Waals surface area contributed by atoms with Gasteiger partial charge in [-0.2, -0.15) is 9.97 Å². The Kier molecular flexibility index (Phi) is 10.1. The molecule has 0 bridgehead atoms. The number of nitrogens with zero attached hydrogens (tertiary/aromatic N) is 8. The Labute approximate surface area is 302 Å². The van der Waals surface area contributed by atoms with Crippen LogP contribution in [0.5, 0.6) is 0 Å². The molecule has 0 amide bonds. The van der Waals surface area contributed by atoms with Gasteiger partial charge in [-0.25, -0.2) is 9.97 Å². The van der Waals surface area contributed by atoms with E-state index in [2.05, 4.69) is 126 Å². The van der Waals surface area contributed by atoms with Crippen LogP contribution >= 0.6 is 15.9 Å². The number of rotatable bonds is 5. The molecule has 50 heavy (non-hydrogen) atoms. The number of benzene rings is 2. The molecule has 0 radical (unpaired) electrons. The highest BCUT2D eigenvalue weighted by molar-refractivity contribution is 9.10. The van der Waals surface area contributed by atoms with Crippen molar-refractivity contribution < 1.29 is 9.31 Å².